The third kappa shape index (κ3) is 8.42. The summed E-state index contributed by atoms with van der Waals surface area (Å²) in [5.74, 6) is 3.85. The van der Waals surface area contributed by atoms with Crippen molar-refractivity contribution in [3.05, 3.63) is 107 Å². The minimum absolute atomic E-state index is 0.0807. The molecule has 0 aliphatic heterocycles. The van der Waals surface area contributed by atoms with Crippen LogP contribution in [-0.4, -0.2) is 64.4 Å². The molecule has 0 aliphatic rings. The van der Waals surface area contributed by atoms with E-state index in [1.807, 2.05) is 39.0 Å². The van der Waals surface area contributed by atoms with Crippen molar-refractivity contribution in [2.24, 2.45) is 0 Å². The van der Waals surface area contributed by atoms with Crippen LogP contribution in [0.15, 0.2) is 73.6 Å². The van der Waals surface area contributed by atoms with E-state index < -0.39 is 5.67 Å². The van der Waals surface area contributed by atoms with E-state index in [9.17, 15) is 9.18 Å². The number of halogens is 1. The van der Waals surface area contributed by atoms with Crippen LogP contribution in [0.25, 0.3) is 11.6 Å². The smallest absolute Gasteiger partial charge is 0.167 e. The molecule has 0 unspecified atom stereocenters. The Hall–Kier alpha value is -6.25. The Bertz CT molecular complexity index is 2120. The molecule has 0 fully saturated rings. The molecule has 0 atom stereocenters. The molecule has 0 amide bonds. The number of hydrogen-bond acceptors (Lipinski definition) is 12. The molecule has 6 rings (SSSR count). The number of nitrogen functional groups attached to an aromatic ring is 1. The van der Waals surface area contributed by atoms with E-state index in [1.165, 1.54) is 32.7 Å². The number of nitrogens with zero attached hydrogens (tertiary/aromatic N) is 9. The second-order valence-corrected chi connectivity index (χ2v) is 12.0. The van der Waals surface area contributed by atoms with Crippen molar-refractivity contribution in [2.75, 3.05) is 35.8 Å². The van der Waals surface area contributed by atoms with Crippen molar-refractivity contribution < 1.29 is 9.18 Å². The number of carbonyl (C=O) groups is 1. The molecule has 0 aliphatic carbocycles. The van der Waals surface area contributed by atoms with Crippen LogP contribution < -0.4 is 21.7 Å². The Balaban J connectivity index is 0.000000269. The van der Waals surface area contributed by atoms with Crippen LogP contribution >= 0.6 is 0 Å². The number of nitrogens with two attached hydrogens (primary N) is 1. The Labute approximate surface area is 289 Å². The number of pyridine rings is 1. The first-order valence-corrected chi connectivity index (χ1v) is 15.8. The van der Waals surface area contributed by atoms with Crippen molar-refractivity contribution in [3.63, 3.8) is 0 Å². The van der Waals surface area contributed by atoms with Gasteiger partial charge in [0.15, 0.2) is 17.4 Å². The number of nitrogens with one attached hydrogen (secondary N) is 3. The average Bonchev–Trinajstić information content (AvgIpc) is 3.65. The number of benzene rings is 1. The fourth-order valence-corrected chi connectivity index (χ4v) is 4.93. The summed E-state index contributed by atoms with van der Waals surface area (Å²) in [6.07, 6.45) is 6.16. The Morgan fingerprint density at radius 2 is 1.44 bits per heavy atom. The number of anilines is 5. The van der Waals surface area contributed by atoms with E-state index in [2.05, 4.69) is 51.1 Å². The SMILES string of the molecule is CNc1cc(-n2nc(C)cc2N)ncn1.CNc1cc(-n2nc(C)cc2Nc2cc(C(=O)Cc3cncc(C(C)(C)F)c3)ccc2C)ncn1. The molecule has 258 valence electrons. The van der Waals surface area contributed by atoms with Crippen molar-refractivity contribution in [3.8, 4) is 11.6 Å². The second-order valence-electron chi connectivity index (χ2n) is 12.0. The van der Waals surface area contributed by atoms with Gasteiger partial charge in [0, 0.05) is 74.0 Å². The molecule has 14 nitrogen and oxygen atoms in total. The highest BCUT2D eigenvalue weighted by Gasteiger charge is 2.20. The maximum absolute atomic E-state index is 14.3. The fraction of sp³-hybridized carbons (Fsp3) is 0.257. The maximum Gasteiger partial charge on any atom is 0.167 e. The zero-order valence-electron chi connectivity index (χ0n) is 29.0. The van der Waals surface area contributed by atoms with Gasteiger partial charge in [-0.05, 0) is 57.9 Å². The largest absolute Gasteiger partial charge is 0.384 e. The lowest BCUT2D eigenvalue weighted by molar-refractivity contribution is 0.0992. The van der Waals surface area contributed by atoms with Gasteiger partial charge in [0.2, 0.25) is 0 Å². The predicted octanol–water partition coefficient (Wildman–Crippen LogP) is 5.68. The topological polar surface area (TPSA) is 179 Å². The average molecular weight is 678 g/mol. The van der Waals surface area contributed by atoms with Gasteiger partial charge >= 0.3 is 0 Å². The van der Waals surface area contributed by atoms with Crippen molar-refractivity contribution in [1.29, 1.82) is 0 Å². The number of hydrogen-bond donors (Lipinski definition) is 4. The molecule has 15 heteroatoms. The van der Waals surface area contributed by atoms with E-state index in [1.54, 1.807) is 60.0 Å². The molecule has 0 bridgehead atoms. The van der Waals surface area contributed by atoms with E-state index in [4.69, 9.17) is 5.73 Å². The number of ketones is 1. The second kappa shape index (κ2) is 14.9. The summed E-state index contributed by atoms with van der Waals surface area (Å²) in [5, 5.41) is 18.1. The van der Waals surface area contributed by atoms with E-state index in [0.717, 1.165) is 28.5 Å². The maximum atomic E-state index is 14.3. The number of aromatic nitrogens is 9. The van der Waals surface area contributed by atoms with Gasteiger partial charge in [0.05, 0.1) is 11.4 Å². The number of aryl methyl sites for hydroxylation is 3. The van der Waals surface area contributed by atoms with Crippen molar-refractivity contribution in [1.82, 2.24) is 44.5 Å². The van der Waals surface area contributed by atoms with Crippen LogP contribution in [-0.2, 0) is 12.1 Å². The Kier molecular flexibility index (Phi) is 10.4. The number of alkyl halides is 1. The summed E-state index contributed by atoms with van der Waals surface area (Å²) in [6, 6.07) is 14.5. The lowest BCUT2D eigenvalue weighted by Gasteiger charge is -2.15. The highest BCUT2D eigenvalue weighted by molar-refractivity contribution is 5.98. The van der Waals surface area contributed by atoms with Gasteiger partial charge in [-0.3, -0.25) is 9.78 Å². The first-order valence-electron chi connectivity index (χ1n) is 15.8. The molecule has 0 spiro atoms. The molecule has 0 saturated heterocycles. The normalized spacial score (nSPS) is 11.0. The zero-order valence-corrected chi connectivity index (χ0v) is 29.0. The molecule has 5 aromatic heterocycles. The van der Waals surface area contributed by atoms with Gasteiger partial charge < -0.3 is 21.7 Å². The minimum Gasteiger partial charge on any atom is -0.384 e. The summed E-state index contributed by atoms with van der Waals surface area (Å²) in [6.45, 7) is 8.69. The summed E-state index contributed by atoms with van der Waals surface area (Å²) in [4.78, 5) is 33.8. The van der Waals surface area contributed by atoms with E-state index >= 15 is 0 Å². The van der Waals surface area contributed by atoms with Crippen LogP contribution in [0.3, 0.4) is 0 Å². The highest BCUT2D eigenvalue weighted by atomic mass is 19.1. The van der Waals surface area contributed by atoms with Crippen LogP contribution in [0.4, 0.5) is 33.3 Å². The summed E-state index contributed by atoms with van der Waals surface area (Å²) >= 11 is 0. The molecular formula is C35H40FN13O. The van der Waals surface area contributed by atoms with Crippen LogP contribution in [0.5, 0.6) is 0 Å². The third-order valence-electron chi connectivity index (χ3n) is 7.61. The quantitative estimate of drug-likeness (QED) is 0.131. The van der Waals surface area contributed by atoms with Crippen LogP contribution in [0.1, 0.15) is 52.3 Å². The van der Waals surface area contributed by atoms with Crippen LogP contribution in [0.2, 0.25) is 0 Å². The molecule has 6 aromatic rings. The summed E-state index contributed by atoms with van der Waals surface area (Å²) < 4.78 is 17.6. The Morgan fingerprint density at radius 1 is 0.820 bits per heavy atom. The number of carbonyl (C=O) groups excluding carboxylic acids is 1. The minimum atomic E-state index is -1.52. The van der Waals surface area contributed by atoms with E-state index in [0.29, 0.717) is 45.8 Å². The third-order valence-corrected chi connectivity index (χ3v) is 7.61. The lowest BCUT2D eigenvalue weighted by atomic mass is 9.97. The lowest BCUT2D eigenvalue weighted by Crippen LogP contribution is -2.11. The first kappa shape index (κ1) is 35.1. The van der Waals surface area contributed by atoms with Gasteiger partial charge in [-0.25, -0.2) is 24.3 Å². The van der Waals surface area contributed by atoms with Gasteiger partial charge in [0.1, 0.15) is 41.6 Å². The predicted molar refractivity (Wildman–Crippen MR) is 192 cm³/mol. The molecule has 0 radical (unpaired) electrons. The van der Waals surface area contributed by atoms with Crippen molar-refractivity contribution in [2.45, 2.75) is 46.7 Å². The number of rotatable bonds is 10. The fourth-order valence-electron chi connectivity index (χ4n) is 4.93. The summed E-state index contributed by atoms with van der Waals surface area (Å²) in [7, 11) is 3.58. The van der Waals surface area contributed by atoms with Gasteiger partial charge in [-0.2, -0.15) is 19.6 Å². The Morgan fingerprint density at radius 3 is 2.04 bits per heavy atom. The van der Waals surface area contributed by atoms with Gasteiger partial charge in [-0.15, -0.1) is 0 Å². The highest BCUT2D eigenvalue weighted by Crippen LogP contribution is 2.27. The number of Topliss-reactive ketones (excluding diaryl/α,β-unsaturated/α-hetero) is 1. The van der Waals surface area contributed by atoms with Crippen molar-refractivity contribution >= 4 is 34.7 Å². The first-order chi connectivity index (χ1) is 23.8. The molecule has 0 saturated carbocycles. The molecule has 5 heterocycles. The van der Waals surface area contributed by atoms with Gasteiger partial charge in [0.25, 0.3) is 0 Å². The zero-order chi connectivity index (χ0) is 36.0. The molecular weight excluding hydrogens is 637 g/mol. The molecule has 50 heavy (non-hydrogen) atoms. The van der Waals surface area contributed by atoms with Gasteiger partial charge in [-0.1, -0.05) is 12.1 Å². The van der Waals surface area contributed by atoms with Crippen LogP contribution in [0, 0.1) is 20.8 Å². The molecule has 1 aromatic carbocycles. The molecule has 5 N–H and O–H groups in total. The van der Waals surface area contributed by atoms with E-state index in [-0.39, 0.29) is 12.2 Å². The standard InChI is InChI=1S/C26H28FN7O.C9H12N6/c1-16-6-7-19(22(35)10-18-9-20(14-29-13-18)26(3,4)27)11-21(16)32-25-8-17(2)33-34(25)24-12-23(28-5)30-15-31-24;1-6-3-7(10)15(14-6)9-4-8(11-2)12-5-13-9/h6-9,11-15,32H,10H2,1-5H3,(H,28,30,31);3-5H,10H2,1-2H3,(H,11,12,13). The monoisotopic (exact) mass is 677 g/mol. The summed E-state index contributed by atoms with van der Waals surface area (Å²) in [5.41, 5.74) is 9.34.